The summed E-state index contributed by atoms with van der Waals surface area (Å²) >= 11 is 0. The van der Waals surface area contributed by atoms with Gasteiger partial charge in [0.05, 0.1) is 0 Å². The highest BCUT2D eigenvalue weighted by atomic mass is 15.3. The molecule has 0 aromatic rings. The molecule has 3 heteroatoms. The van der Waals surface area contributed by atoms with Crippen LogP contribution in [0.3, 0.4) is 0 Å². The topological polar surface area (TPSA) is 32.5 Å². The molecule has 1 fully saturated rings. The van der Waals surface area contributed by atoms with E-state index in [2.05, 4.69) is 23.9 Å². The maximum Gasteiger partial charge on any atom is 0.0343 e. The molecule has 0 aliphatic carbocycles. The van der Waals surface area contributed by atoms with Crippen LogP contribution in [0, 0.1) is 0 Å². The lowest BCUT2D eigenvalue weighted by atomic mass is 10.2. The van der Waals surface area contributed by atoms with E-state index in [1.807, 2.05) is 0 Å². The second-order valence-electron chi connectivity index (χ2n) is 3.13. The quantitative estimate of drug-likeness (QED) is 0.521. The summed E-state index contributed by atoms with van der Waals surface area (Å²) in [4.78, 5) is 4.66. The fraction of sp³-hybridized carbons (Fsp3) is 1.00. The van der Waals surface area contributed by atoms with Crippen LogP contribution in [0.2, 0.25) is 0 Å². The van der Waals surface area contributed by atoms with Crippen LogP contribution in [0.15, 0.2) is 0 Å². The van der Waals surface area contributed by atoms with Gasteiger partial charge in [-0.1, -0.05) is 0 Å². The van der Waals surface area contributed by atoms with Gasteiger partial charge in [0.2, 0.25) is 0 Å². The summed E-state index contributed by atoms with van der Waals surface area (Å²) < 4.78 is 0. The first-order valence-electron chi connectivity index (χ1n) is 3.83. The fourth-order valence-electron chi connectivity index (χ4n) is 1.36. The van der Waals surface area contributed by atoms with Gasteiger partial charge < -0.3 is 10.6 Å². The Hall–Kier alpha value is -0.120. The van der Waals surface area contributed by atoms with Gasteiger partial charge >= 0.3 is 0 Å². The van der Waals surface area contributed by atoms with Crippen molar-refractivity contribution >= 4 is 0 Å². The van der Waals surface area contributed by atoms with Crippen LogP contribution in [0.25, 0.3) is 0 Å². The lowest BCUT2D eigenvalue weighted by molar-refractivity contribution is 0.119. The summed E-state index contributed by atoms with van der Waals surface area (Å²) in [6, 6.07) is 0.568. The normalized spacial score (nSPS) is 30.9. The summed E-state index contributed by atoms with van der Waals surface area (Å²) in [6.07, 6.45) is 0. The van der Waals surface area contributed by atoms with Crippen LogP contribution in [0.1, 0.15) is 0 Å². The van der Waals surface area contributed by atoms with Crippen LogP contribution in [-0.4, -0.2) is 56.1 Å². The maximum absolute atomic E-state index is 5.59. The molecular weight excluding hydrogens is 126 g/mol. The van der Waals surface area contributed by atoms with Crippen LogP contribution < -0.4 is 5.73 Å². The van der Waals surface area contributed by atoms with Crippen molar-refractivity contribution in [3.05, 3.63) is 0 Å². The number of nitrogens with two attached hydrogens (primary N) is 1. The van der Waals surface area contributed by atoms with Gasteiger partial charge in [-0.15, -0.1) is 0 Å². The van der Waals surface area contributed by atoms with E-state index in [0.717, 1.165) is 19.6 Å². The highest BCUT2D eigenvalue weighted by Crippen LogP contribution is 2.03. The van der Waals surface area contributed by atoms with E-state index < -0.39 is 0 Å². The number of likely N-dealkylation sites (N-methyl/N-ethyl adjacent to an activating group) is 2. The van der Waals surface area contributed by atoms with Gasteiger partial charge in [0.15, 0.2) is 0 Å². The smallest absolute Gasteiger partial charge is 0.0343 e. The average Bonchev–Trinajstić information content (AvgIpc) is 1.94. The lowest BCUT2D eigenvalue weighted by Gasteiger charge is -2.36. The third kappa shape index (κ3) is 1.68. The monoisotopic (exact) mass is 143 g/mol. The Labute approximate surface area is 62.8 Å². The van der Waals surface area contributed by atoms with Crippen molar-refractivity contribution in [1.82, 2.24) is 9.80 Å². The molecule has 1 aliphatic heterocycles. The van der Waals surface area contributed by atoms with Crippen LogP contribution >= 0.6 is 0 Å². The molecule has 3 nitrogen and oxygen atoms in total. The van der Waals surface area contributed by atoms with Gasteiger partial charge in [-0.3, -0.25) is 4.90 Å². The lowest BCUT2D eigenvalue weighted by Crippen LogP contribution is -2.52. The molecule has 2 N–H and O–H groups in total. The van der Waals surface area contributed by atoms with Crippen LogP contribution in [0.5, 0.6) is 0 Å². The molecule has 0 amide bonds. The average molecular weight is 143 g/mol. The largest absolute Gasteiger partial charge is 0.329 e. The van der Waals surface area contributed by atoms with Crippen molar-refractivity contribution in [1.29, 1.82) is 0 Å². The van der Waals surface area contributed by atoms with Gasteiger partial charge in [-0.05, 0) is 14.1 Å². The molecule has 0 unspecified atom stereocenters. The second-order valence-corrected chi connectivity index (χ2v) is 3.13. The third-order valence-corrected chi connectivity index (χ3v) is 2.25. The van der Waals surface area contributed by atoms with Crippen LogP contribution in [0.4, 0.5) is 0 Å². The van der Waals surface area contributed by atoms with Crippen molar-refractivity contribution in [2.75, 3.05) is 40.3 Å². The van der Waals surface area contributed by atoms with E-state index in [1.54, 1.807) is 0 Å². The van der Waals surface area contributed by atoms with Crippen LogP contribution in [-0.2, 0) is 0 Å². The first kappa shape index (κ1) is 7.98. The standard InChI is InChI=1S/C7H17N3/c1-9-3-4-10(2)7(5-8)6-9/h7H,3-6,8H2,1-2H3/t7-/m0/s1. The Morgan fingerprint density at radius 1 is 1.40 bits per heavy atom. The molecule has 60 valence electrons. The zero-order chi connectivity index (χ0) is 7.56. The minimum atomic E-state index is 0.568. The molecule has 0 aromatic carbocycles. The van der Waals surface area contributed by atoms with Crippen molar-refractivity contribution in [3.63, 3.8) is 0 Å². The molecule has 0 bridgehead atoms. The zero-order valence-corrected chi connectivity index (χ0v) is 6.88. The molecule has 1 saturated heterocycles. The van der Waals surface area contributed by atoms with E-state index in [9.17, 15) is 0 Å². The zero-order valence-electron chi connectivity index (χ0n) is 6.88. The van der Waals surface area contributed by atoms with Crippen molar-refractivity contribution in [2.45, 2.75) is 6.04 Å². The minimum Gasteiger partial charge on any atom is -0.329 e. The van der Waals surface area contributed by atoms with E-state index in [1.165, 1.54) is 6.54 Å². The molecule has 1 aliphatic rings. The fourth-order valence-corrected chi connectivity index (χ4v) is 1.36. The van der Waals surface area contributed by atoms with E-state index in [0.29, 0.717) is 6.04 Å². The van der Waals surface area contributed by atoms with E-state index in [4.69, 9.17) is 5.73 Å². The number of hydrogen-bond donors (Lipinski definition) is 1. The number of nitrogens with zero attached hydrogens (tertiary/aromatic N) is 2. The molecule has 1 heterocycles. The Morgan fingerprint density at radius 3 is 2.60 bits per heavy atom. The SMILES string of the molecule is CN1CCN(C)[C@@H](CN)C1. The highest BCUT2D eigenvalue weighted by molar-refractivity contribution is 4.78. The Morgan fingerprint density at radius 2 is 2.10 bits per heavy atom. The molecule has 1 rings (SSSR count). The summed E-state index contributed by atoms with van der Waals surface area (Å²) in [5.74, 6) is 0. The highest BCUT2D eigenvalue weighted by Gasteiger charge is 2.19. The number of piperazine rings is 1. The Kier molecular flexibility index (Phi) is 2.65. The first-order chi connectivity index (χ1) is 4.74. The summed E-state index contributed by atoms with van der Waals surface area (Å²) in [6.45, 7) is 4.22. The summed E-state index contributed by atoms with van der Waals surface area (Å²) in [5.41, 5.74) is 5.59. The summed E-state index contributed by atoms with van der Waals surface area (Å²) in [7, 11) is 4.29. The van der Waals surface area contributed by atoms with Crippen molar-refractivity contribution < 1.29 is 0 Å². The maximum atomic E-state index is 5.59. The van der Waals surface area contributed by atoms with Gasteiger partial charge in [0.1, 0.15) is 0 Å². The Balaban J connectivity index is 2.38. The molecule has 0 aromatic heterocycles. The molecule has 10 heavy (non-hydrogen) atoms. The predicted octanol–water partition coefficient (Wildman–Crippen LogP) is -0.809. The third-order valence-electron chi connectivity index (χ3n) is 2.25. The summed E-state index contributed by atoms with van der Waals surface area (Å²) in [5, 5.41) is 0. The van der Waals surface area contributed by atoms with Gasteiger partial charge in [0.25, 0.3) is 0 Å². The van der Waals surface area contributed by atoms with Gasteiger partial charge in [-0.25, -0.2) is 0 Å². The minimum absolute atomic E-state index is 0.568. The van der Waals surface area contributed by atoms with Crippen molar-refractivity contribution in [3.8, 4) is 0 Å². The van der Waals surface area contributed by atoms with Crippen molar-refractivity contribution in [2.24, 2.45) is 5.73 Å². The number of hydrogen-bond acceptors (Lipinski definition) is 3. The van der Waals surface area contributed by atoms with E-state index in [-0.39, 0.29) is 0 Å². The van der Waals surface area contributed by atoms with E-state index >= 15 is 0 Å². The second kappa shape index (κ2) is 3.32. The number of rotatable bonds is 1. The Bertz CT molecular complexity index is 105. The first-order valence-corrected chi connectivity index (χ1v) is 3.83. The predicted molar refractivity (Wildman–Crippen MR) is 43.0 cm³/mol. The molecule has 0 saturated carbocycles. The van der Waals surface area contributed by atoms with Gasteiger partial charge in [-0.2, -0.15) is 0 Å². The molecule has 1 atom stereocenters. The molecular formula is C7H17N3. The molecule has 0 radical (unpaired) electrons. The van der Waals surface area contributed by atoms with Gasteiger partial charge in [0, 0.05) is 32.2 Å². The molecule has 0 spiro atoms.